The molecule has 1 aromatic heterocycles. The fraction of sp³-hybridized carbons (Fsp3) is 0.0417. The SMILES string of the molecule is c1ccc(-c2ccccc2-c2cccc3c2Cc2ccccc2-3)nc1. The molecule has 0 aliphatic heterocycles. The molecule has 1 aliphatic rings. The molecule has 0 N–H and O–H groups in total. The van der Waals surface area contributed by atoms with Crippen molar-refractivity contribution in [3.63, 3.8) is 0 Å². The maximum Gasteiger partial charge on any atom is 0.0708 e. The lowest BCUT2D eigenvalue weighted by Gasteiger charge is -2.13. The molecular formula is C24H17N. The molecule has 5 rings (SSSR count). The van der Waals surface area contributed by atoms with Gasteiger partial charge in [0.25, 0.3) is 0 Å². The van der Waals surface area contributed by atoms with Gasteiger partial charge >= 0.3 is 0 Å². The van der Waals surface area contributed by atoms with Crippen LogP contribution in [-0.4, -0.2) is 4.98 Å². The number of benzene rings is 3. The average molecular weight is 319 g/mol. The van der Waals surface area contributed by atoms with E-state index in [1.807, 2.05) is 18.3 Å². The number of pyridine rings is 1. The van der Waals surface area contributed by atoms with E-state index in [1.165, 1.54) is 38.9 Å². The lowest BCUT2D eigenvalue weighted by Crippen LogP contribution is -1.92. The molecule has 0 saturated carbocycles. The van der Waals surface area contributed by atoms with Gasteiger partial charge in [-0.15, -0.1) is 0 Å². The van der Waals surface area contributed by atoms with Crippen LogP contribution in [0.3, 0.4) is 0 Å². The number of hydrogen-bond acceptors (Lipinski definition) is 1. The number of rotatable bonds is 2. The Balaban J connectivity index is 1.73. The van der Waals surface area contributed by atoms with E-state index in [-0.39, 0.29) is 0 Å². The molecule has 0 radical (unpaired) electrons. The molecule has 0 saturated heterocycles. The van der Waals surface area contributed by atoms with E-state index in [0.717, 1.165) is 12.1 Å². The zero-order valence-electron chi connectivity index (χ0n) is 13.8. The lowest BCUT2D eigenvalue weighted by atomic mass is 9.91. The number of nitrogens with zero attached hydrogens (tertiary/aromatic N) is 1. The van der Waals surface area contributed by atoms with E-state index in [4.69, 9.17) is 0 Å². The Labute approximate surface area is 147 Å². The van der Waals surface area contributed by atoms with E-state index in [2.05, 4.69) is 77.8 Å². The standard InChI is InChI=1S/C24H17N/c1-2-9-18-17(8-1)16-23-19(18)12-7-13-21(23)20-10-3-4-11-22(20)24-14-5-6-15-25-24/h1-15H,16H2. The maximum atomic E-state index is 4.57. The third-order valence-corrected chi connectivity index (χ3v) is 5.01. The van der Waals surface area contributed by atoms with Gasteiger partial charge < -0.3 is 0 Å². The summed E-state index contributed by atoms with van der Waals surface area (Å²) in [4.78, 5) is 4.57. The summed E-state index contributed by atoms with van der Waals surface area (Å²) in [5.74, 6) is 0. The predicted molar refractivity (Wildman–Crippen MR) is 103 cm³/mol. The minimum atomic E-state index is 0.998. The average Bonchev–Trinajstić information content (AvgIpc) is 3.07. The van der Waals surface area contributed by atoms with E-state index in [9.17, 15) is 0 Å². The smallest absolute Gasteiger partial charge is 0.0708 e. The monoisotopic (exact) mass is 319 g/mol. The molecular weight excluding hydrogens is 302 g/mol. The second kappa shape index (κ2) is 5.71. The van der Waals surface area contributed by atoms with E-state index in [1.54, 1.807) is 0 Å². The van der Waals surface area contributed by atoms with Crippen molar-refractivity contribution < 1.29 is 0 Å². The summed E-state index contributed by atoms with van der Waals surface area (Å²) in [7, 11) is 0. The van der Waals surface area contributed by atoms with Crippen LogP contribution in [0.15, 0.2) is 91.1 Å². The fourth-order valence-corrected chi connectivity index (χ4v) is 3.87. The van der Waals surface area contributed by atoms with Gasteiger partial charge in [-0.05, 0) is 51.9 Å². The normalized spacial score (nSPS) is 11.8. The zero-order valence-corrected chi connectivity index (χ0v) is 13.8. The first-order valence-corrected chi connectivity index (χ1v) is 8.63. The predicted octanol–water partition coefficient (Wildman–Crippen LogP) is 5.99. The van der Waals surface area contributed by atoms with Crippen molar-refractivity contribution in [1.82, 2.24) is 4.98 Å². The first-order chi connectivity index (χ1) is 12.4. The van der Waals surface area contributed by atoms with Gasteiger partial charge in [-0.2, -0.15) is 0 Å². The van der Waals surface area contributed by atoms with Crippen LogP contribution < -0.4 is 0 Å². The van der Waals surface area contributed by atoms with Crippen molar-refractivity contribution in [3.8, 4) is 33.5 Å². The minimum Gasteiger partial charge on any atom is -0.256 e. The Morgan fingerprint density at radius 1 is 0.520 bits per heavy atom. The Bertz CT molecular complexity index is 1060. The van der Waals surface area contributed by atoms with E-state index < -0.39 is 0 Å². The van der Waals surface area contributed by atoms with Gasteiger partial charge in [0.05, 0.1) is 5.69 Å². The molecule has 0 fully saturated rings. The first kappa shape index (κ1) is 14.2. The molecule has 3 aromatic carbocycles. The van der Waals surface area contributed by atoms with Gasteiger partial charge in [0, 0.05) is 11.8 Å². The zero-order chi connectivity index (χ0) is 16.6. The van der Waals surface area contributed by atoms with Gasteiger partial charge in [0.15, 0.2) is 0 Å². The second-order valence-corrected chi connectivity index (χ2v) is 6.43. The molecule has 1 heteroatoms. The molecule has 0 atom stereocenters. The third kappa shape index (κ3) is 2.28. The van der Waals surface area contributed by atoms with Gasteiger partial charge in [-0.3, -0.25) is 4.98 Å². The van der Waals surface area contributed by atoms with Crippen LogP contribution in [0.4, 0.5) is 0 Å². The summed E-state index contributed by atoms with van der Waals surface area (Å²) in [6, 6.07) is 30.1. The molecule has 1 heterocycles. The molecule has 118 valence electrons. The second-order valence-electron chi connectivity index (χ2n) is 6.43. The topological polar surface area (TPSA) is 12.9 Å². The Morgan fingerprint density at radius 3 is 1.96 bits per heavy atom. The van der Waals surface area contributed by atoms with Gasteiger partial charge in [0.1, 0.15) is 0 Å². The summed E-state index contributed by atoms with van der Waals surface area (Å²) >= 11 is 0. The molecule has 25 heavy (non-hydrogen) atoms. The molecule has 1 nitrogen and oxygen atoms in total. The summed E-state index contributed by atoms with van der Waals surface area (Å²) in [6.45, 7) is 0. The van der Waals surface area contributed by atoms with Crippen molar-refractivity contribution in [1.29, 1.82) is 0 Å². The lowest BCUT2D eigenvalue weighted by molar-refractivity contribution is 1.26. The summed E-state index contributed by atoms with van der Waals surface area (Å²) in [5.41, 5.74) is 10.4. The van der Waals surface area contributed by atoms with E-state index in [0.29, 0.717) is 0 Å². The van der Waals surface area contributed by atoms with Crippen LogP contribution in [0.5, 0.6) is 0 Å². The first-order valence-electron chi connectivity index (χ1n) is 8.63. The van der Waals surface area contributed by atoms with E-state index >= 15 is 0 Å². The highest BCUT2D eigenvalue weighted by molar-refractivity contribution is 5.89. The molecule has 4 aromatic rings. The van der Waals surface area contributed by atoms with Crippen LogP contribution >= 0.6 is 0 Å². The van der Waals surface area contributed by atoms with Crippen molar-refractivity contribution in [3.05, 3.63) is 102 Å². The molecule has 1 aliphatic carbocycles. The highest BCUT2D eigenvalue weighted by Gasteiger charge is 2.22. The van der Waals surface area contributed by atoms with Gasteiger partial charge in [-0.1, -0.05) is 72.8 Å². The number of hydrogen-bond donors (Lipinski definition) is 0. The van der Waals surface area contributed by atoms with Crippen molar-refractivity contribution in [2.24, 2.45) is 0 Å². The minimum absolute atomic E-state index is 0.998. The van der Waals surface area contributed by atoms with Gasteiger partial charge in [-0.25, -0.2) is 0 Å². The summed E-state index contributed by atoms with van der Waals surface area (Å²) in [6.07, 6.45) is 2.86. The van der Waals surface area contributed by atoms with Crippen LogP contribution in [-0.2, 0) is 6.42 Å². The van der Waals surface area contributed by atoms with Gasteiger partial charge in [0.2, 0.25) is 0 Å². The molecule has 0 spiro atoms. The fourth-order valence-electron chi connectivity index (χ4n) is 3.87. The van der Waals surface area contributed by atoms with Crippen LogP contribution in [0.25, 0.3) is 33.5 Å². The Hall–Kier alpha value is -3.19. The highest BCUT2D eigenvalue weighted by atomic mass is 14.7. The van der Waals surface area contributed by atoms with Crippen molar-refractivity contribution in [2.45, 2.75) is 6.42 Å². The Morgan fingerprint density at radius 2 is 1.16 bits per heavy atom. The Kier molecular flexibility index (Phi) is 3.24. The van der Waals surface area contributed by atoms with Crippen molar-refractivity contribution >= 4 is 0 Å². The number of aromatic nitrogens is 1. The third-order valence-electron chi connectivity index (χ3n) is 5.01. The quantitative estimate of drug-likeness (QED) is 0.389. The van der Waals surface area contributed by atoms with Crippen LogP contribution in [0.1, 0.15) is 11.1 Å². The highest BCUT2D eigenvalue weighted by Crippen LogP contribution is 2.43. The summed E-state index contributed by atoms with van der Waals surface area (Å²) in [5, 5.41) is 0. The van der Waals surface area contributed by atoms with Crippen molar-refractivity contribution in [2.75, 3.05) is 0 Å². The molecule has 0 bridgehead atoms. The molecule has 0 unspecified atom stereocenters. The molecule has 0 amide bonds. The maximum absolute atomic E-state index is 4.57. The largest absolute Gasteiger partial charge is 0.256 e. The number of fused-ring (bicyclic) bond motifs is 3. The van der Waals surface area contributed by atoms with Crippen LogP contribution in [0, 0.1) is 0 Å². The summed E-state index contributed by atoms with van der Waals surface area (Å²) < 4.78 is 0. The van der Waals surface area contributed by atoms with Crippen LogP contribution in [0.2, 0.25) is 0 Å².